The lowest BCUT2D eigenvalue weighted by Gasteiger charge is -2.15. The molecule has 0 aliphatic rings. The molecule has 0 saturated heterocycles. The summed E-state index contributed by atoms with van der Waals surface area (Å²) in [5, 5.41) is 3.36. The van der Waals surface area contributed by atoms with Gasteiger partial charge >= 0.3 is 0 Å². The number of primary amides is 1. The number of carbonyl (C=O) groups excluding carboxylic acids is 1. The highest BCUT2D eigenvalue weighted by atomic mass is 16.1. The van der Waals surface area contributed by atoms with Crippen LogP contribution in [0.25, 0.3) is 0 Å². The average molecular weight is 186 g/mol. The maximum atomic E-state index is 10.4. The van der Waals surface area contributed by atoms with Crippen LogP contribution >= 0.6 is 0 Å². The second kappa shape index (κ2) is 6.89. The molecule has 1 amide bonds. The molecule has 0 rings (SSSR count). The Morgan fingerprint density at radius 3 is 2.46 bits per heavy atom. The molecule has 0 bridgehead atoms. The van der Waals surface area contributed by atoms with Crippen LogP contribution in [0.4, 0.5) is 0 Å². The smallest absolute Gasteiger partial charge is 0.217 e. The monoisotopic (exact) mass is 186 g/mol. The van der Waals surface area contributed by atoms with Crippen LogP contribution in [-0.2, 0) is 4.79 Å². The molecule has 13 heavy (non-hydrogen) atoms. The second-order valence-electron chi connectivity index (χ2n) is 4.05. The van der Waals surface area contributed by atoms with E-state index in [4.69, 9.17) is 5.73 Å². The molecule has 1 unspecified atom stereocenters. The van der Waals surface area contributed by atoms with Crippen molar-refractivity contribution in [3.8, 4) is 0 Å². The minimum Gasteiger partial charge on any atom is -0.370 e. The first-order valence-corrected chi connectivity index (χ1v) is 5.04. The summed E-state index contributed by atoms with van der Waals surface area (Å²) in [7, 11) is 0. The Kier molecular flexibility index (Phi) is 6.59. The lowest BCUT2D eigenvalue weighted by Crippen LogP contribution is -2.29. The van der Waals surface area contributed by atoms with Crippen molar-refractivity contribution in [1.29, 1.82) is 0 Å². The van der Waals surface area contributed by atoms with Crippen molar-refractivity contribution < 1.29 is 4.79 Å². The van der Waals surface area contributed by atoms with Gasteiger partial charge < -0.3 is 11.1 Å². The van der Waals surface area contributed by atoms with E-state index in [0.29, 0.717) is 12.5 Å². The fourth-order valence-corrected chi connectivity index (χ4v) is 1.40. The van der Waals surface area contributed by atoms with Crippen LogP contribution < -0.4 is 11.1 Å². The van der Waals surface area contributed by atoms with Crippen molar-refractivity contribution >= 4 is 5.91 Å². The van der Waals surface area contributed by atoms with Gasteiger partial charge in [0.05, 0.1) is 0 Å². The first kappa shape index (κ1) is 12.4. The number of amides is 1. The van der Waals surface area contributed by atoms with E-state index in [9.17, 15) is 4.79 Å². The number of rotatable bonds is 7. The van der Waals surface area contributed by atoms with Gasteiger partial charge in [0, 0.05) is 12.5 Å². The largest absolute Gasteiger partial charge is 0.370 e. The Morgan fingerprint density at radius 2 is 2.00 bits per heavy atom. The highest BCUT2D eigenvalue weighted by Crippen LogP contribution is 2.03. The molecule has 0 aromatic rings. The summed E-state index contributed by atoms with van der Waals surface area (Å²) in [6.07, 6.45) is 2.51. The van der Waals surface area contributed by atoms with Crippen LogP contribution in [0.2, 0.25) is 0 Å². The topological polar surface area (TPSA) is 55.1 Å². The molecule has 3 nitrogen and oxygen atoms in total. The highest BCUT2D eigenvalue weighted by molar-refractivity contribution is 5.73. The Labute approximate surface area is 81.1 Å². The van der Waals surface area contributed by atoms with E-state index in [1.54, 1.807) is 0 Å². The maximum absolute atomic E-state index is 10.4. The van der Waals surface area contributed by atoms with Gasteiger partial charge in [-0.3, -0.25) is 4.79 Å². The lowest BCUT2D eigenvalue weighted by atomic mass is 10.1. The van der Waals surface area contributed by atoms with Gasteiger partial charge in [0.25, 0.3) is 0 Å². The van der Waals surface area contributed by atoms with Crippen molar-refractivity contribution in [1.82, 2.24) is 5.32 Å². The van der Waals surface area contributed by atoms with Crippen molar-refractivity contribution in [3.63, 3.8) is 0 Å². The summed E-state index contributed by atoms with van der Waals surface area (Å²) in [4.78, 5) is 10.4. The third-order valence-electron chi connectivity index (χ3n) is 1.92. The molecule has 0 fully saturated rings. The molecule has 1 atom stereocenters. The van der Waals surface area contributed by atoms with E-state index in [0.717, 1.165) is 18.9 Å². The van der Waals surface area contributed by atoms with E-state index in [-0.39, 0.29) is 5.91 Å². The molecule has 3 N–H and O–H groups in total. The third-order valence-corrected chi connectivity index (χ3v) is 1.92. The van der Waals surface area contributed by atoms with E-state index in [1.807, 2.05) is 0 Å². The van der Waals surface area contributed by atoms with Crippen LogP contribution in [0.5, 0.6) is 0 Å². The van der Waals surface area contributed by atoms with E-state index >= 15 is 0 Å². The predicted molar refractivity (Wildman–Crippen MR) is 55.3 cm³/mol. The molecule has 0 aromatic heterocycles. The fourth-order valence-electron chi connectivity index (χ4n) is 1.40. The minimum absolute atomic E-state index is 0.210. The number of carbonyl (C=O) groups is 1. The Bertz CT molecular complexity index is 146. The summed E-state index contributed by atoms with van der Waals surface area (Å²) >= 11 is 0. The van der Waals surface area contributed by atoms with Gasteiger partial charge in [-0.05, 0) is 32.2 Å². The first-order chi connectivity index (χ1) is 6.02. The normalized spacial score (nSPS) is 13.2. The molecule has 0 radical (unpaired) electrons. The number of hydrogen-bond donors (Lipinski definition) is 2. The third kappa shape index (κ3) is 9.34. The highest BCUT2D eigenvalue weighted by Gasteiger charge is 2.03. The van der Waals surface area contributed by atoms with Crippen LogP contribution in [-0.4, -0.2) is 18.5 Å². The van der Waals surface area contributed by atoms with Crippen molar-refractivity contribution in [3.05, 3.63) is 0 Å². The lowest BCUT2D eigenvalue weighted by molar-refractivity contribution is -0.118. The van der Waals surface area contributed by atoms with Gasteiger partial charge in [-0.15, -0.1) is 0 Å². The second-order valence-corrected chi connectivity index (χ2v) is 4.05. The fraction of sp³-hybridized carbons (Fsp3) is 0.900. The zero-order chi connectivity index (χ0) is 10.3. The van der Waals surface area contributed by atoms with Gasteiger partial charge in [-0.1, -0.05) is 13.8 Å². The first-order valence-electron chi connectivity index (χ1n) is 5.04. The molecular formula is C10H22N2O. The zero-order valence-electron chi connectivity index (χ0n) is 8.97. The minimum atomic E-state index is -0.210. The zero-order valence-corrected chi connectivity index (χ0v) is 8.97. The quantitative estimate of drug-likeness (QED) is 0.588. The van der Waals surface area contributed by atoms with Crippen LogP contribution in [0, 0.1) is 5.92 Å². The molecular weight excluding hydrogens is 164 g/mol. The molecule has 0 spiro atoms. The average Bonchev–Trinajstić information content (AvgIpc) is 1.96. The van der Waals surface area contributed by atoms with Crippen molar-refractivity contribution in [2.45, 2.75) is 46.1 Å². The Balaban J connectivity index is 3.26. The van der Waals surface area contributed by atoms with E-state index in [1.165, 1.54) is 6.42 Å². The Morgan fingerprint density at radius 1 is 1.38 bits per heavy atom. The van der Waals surface area contributed by atoms with Crippen LogP contribution in [0.1, 0.15) is 40.0 Å². The van der Waals surface area contributed by atoms with E-state index < -0.39 is 0 Å². The Hall–Kier alpha value is -0.570. The molecule has 0 aromatic carbocycles. The summed E-state index contributed by atoms with van der Waals surface area (Å²) in [5.41, 5.74) is 5.02. The SMILES string of the molecule is CC(C)CC(C)NCCCC(N)=O. The van der Waals surface area contributed by atoms with Crippen molar-refractivity contribution in [2.75, 3.05) is 6.54 Å². The van der Waals surface area contributed by atoms with Crippen LogP contribution in [0.3, 0.4) is 0 Å². The van der Waals surface area contributed by atoms with Gasteiger partial charge in [-0.2, -0.15) is 0 Å². The van der Waals surface area contributed by atoms with E-state index in [2.05, 4.69) is 26.1 Å². The molecule has 0 saturated carbocycles. The molecule has 78 valence electrons. The maximum Gasteiger partial charge on any atom is 0.217 e. The summed E-state index contributed by atoms with van der Waals surface area (Å²) < 4.78 is 0. The molecule has 0 aliphatic heterocycles. The summed E-state index contributed by atoms with van der Waals surface area (Å²) in [6.45, 7) is 7.48. The predicted octanol–water partition coefficient (Wildman–Crippen LogP) is 1.28. The summed E-state index contributed by atoms with van der Waals surface area (Å²) in [6, 6.07) is 0.535. The van der Waals surface area contributed by atoms with Gasteiger partial charge in [0.15, 0.2) is 0 Å². The van der Waals surface area contributed by atoms with Gasteiger partial charge in [0.1, 0.15) is 0 Å². The van der Waals surface area contributed by atoms with Crippen LogP contribution in [0.15, 0.2) is 0 Å². The molecule has 0 heterocycles. The molecule has 3 heteroatoms. The van der Waals surface area contributed by atoms with Gasteiger partial charge in [-0.25, -0.2) is 0 Å². The number of nitrogens with two attached hydrogens (primary N) is 1. The number of nitrogens with one attached hydrogen (secondary N) is 1. The van der Waals surface area contributed by atoms with Crippen molar-refractivity contribution in [2.24, 2.45) is 11.7 Å². The standard InChI is InChI=1S/C10H22N2O/c1-8(2)7-9(3)12-6-4-5-10(11)13/h8-9,12H,4-7H2,1-3H3,(H2,11,13). The molecule has 0 aliphatic carbocycles. The number of hydrogen-bond acceptors (Lipinski definition) is 2. The summed E-state index contributed by atoms with van der Waals surface area (Å²) in [5.74, 6) is 0.511. The van der Waals surface area contributed by atoms with Gasteiger partial charge in [0.2, 0.25) is 5.91 Å².